The molecule has 0 aromatic rings. The van der Waals surface area contributed by atoms with E-state index in [1.807, 2.05) is 13.8 Å². The zero-order valence-electron chi connectivity index (χ0n) is 10.6. The summed E-state index contributed by atoms with van der Waals surface area (Å²) in [6.45, 7) is 12.0. The van der Waals surface area contributed by atoms with Crippen molar-refractivity contribution in [2.75, 3.05) is 6.54 Å². The Morgan fingerprint density at radius 1 is 1.43 bits per heavy atom. The third kappa shape index (κ3) is 4.26. The van der Waals surface area contributed by atoms with Crippen LogP contribution in [0.2, 0.25) is 0 Å². The van der Waals surface area contributed by atoms with E-state index in [0.717, 1.165) is 24.3 Å². The van der Waals surface area contributed by atoms with Gasteiger partial charge >= 0.3 is 0 Å². The van der Waals surface area contributed by atoms with Crippen LogP contribution in [0.25, 0.3) is 0 Å². The Hall–Kier alpha value is -0.330. The summed E-state index contributed by atoms with van der Waals surface area (Å²) in [4.78, 5) is 4.39. The molecule has 1 aliphatic rings. The quantitative estimate of drug-likeness (QED) is 0.643. The van der Waals surface area contributed by atoms with Gasteiger partial charge in [-0.2, -0.15) is 0 Å². The van der Waals surface area contributed by atoms with Crippen molar-refractivity contribution >= 4 is 6.21 Å². The van der Waals surface area contributed by atoms with E-state index in [2.05, 4.69) is 32.0 Å². The molecule has 0 radical (unpaired) electrons. The lowest BCUT2D eigenvalue weighted by atomic mass is 9.79. The monoisotopic (exact) mass is 197 g/mol. The van der Waals surface area contributed by atoms with Crippen molar-refractivity contribution in [2.24, 2.45) is 22.7 Å². The summed E-state index contributed by atoms with van der Waals surface area (Å²) in [5.41, 5.74) is 0. The largest absolute Gasteiger partial charge is 0.297 e. The van der Waals surface area contributed by atoms with Crippen LogP contribution in [0.15, 0.2) is 4.99 Å². The van der Waals surface area contributed by atoms with Crippen molar-refractivity contribution in [1.29, 1.82) is 0 Å². The summed E-state index contributed by atoms with van der Waals surface area (Å²) in [6, 6.07) is 0. The summed E-state index contributed by atoms with van der Waals surface area (Å²) in [5, 5.41) is 0. The molecule has 1 heterocycles. The lowest BCUT2D eigenvalue weighted by Crippen LogP contribution is -2.25. The van der Waals surface area contributed by atoms with Crippen LogP contribution in [0.3, 0.4) is 0 Å². The highest BCUT2D eigenvalue weighted by molar-refractivity contribution is 5.62. The first kappa shape index (κ1) is 13.7. The van der Waals surface area contributed by atoms with Gasteiger partial charge in [0.05, 0.1) is 0 Å². The standard InChI is InChI=1S/C11H21N.C2H6/c1-4-5-9(2)11-8-12-7-6-10(11)3;1-2/h8-11H,4-7H2,1-3H3;1-2H3. The third-order valence-corrected chi connectivity index (χ3v) is 3.05. The van der Waals surface area contributed by atoms with Crippen molar-refractivity contribution in [3.8, 4) is 0 Å². The van der Waals surface area contributed by atoms with Crippen LogP contribution in [-0.4, -0.2) is 12.8 Å². The SMILES string of the molecule is CC.CCCC(C)C1C=NCCC1C. The molecule has 1 nitrogen and oxygen atoms in total. The van der Waals surface area contributed by atoms with Crippen LogP contribution in [-0.2, 0) is 0 Å². The Labute approximate surface area is 90.0 Å². The first-order valence-electron chi connectivity index (χ1n) is 6.25. The van der Waals surface area contributed by atoms with Gasteiger partial charge in [-0.1, -0.05) is 47.5 Å². The molecule has 3 unspecified atom stereocenters. The van der Waals surface area contributed by atoms with Crippen molar-refractivity contribution in [2.45, 2.75) is 53.9 Å². The summed E-state index contributed by atoms with van der Waals surface area (Å²) >= 11 is 0. The lowest BCUT2D eigenvalue weighted by Gasteiger charge is -2.28. The molecule has 1 heteroatoms. The number of hydrogen-bond acceptors (Lipinski definition) is 1. The minimum atomic E-state index is 0.749. The van der Waals surface area contributed by atoms with Crippen molar-refractivity contribution in [1.82, 2.24) is 0 Å². The molecule has 0 amide bonds. The second-order valence-corrected chi connectivity index (χ2v) is 4.16. The fourth-order valence-electron chi connectivity index (χ4n) is 2.17. The summed E-state index contributed by atoms with van der Waals surface area (Å²) in [5.74, 6) is 2.43. The van der Waals surface area contributed by atoms with Crippen molar-refractivity contribution in [3.05, 3.63) is 0 Å². The molecular weight excluding hydrogens is 170 g/mol. The van der Waals surface area contributed by atoms with E-state index < -0.39 is 0 Å². The zero-order valence-corrected chi connectivity index (χ0v) is 10.6. The average molecular weight is 197 g/mol. The van der Waals surface area contributed by atoms with E-state index in [1.165, 1.54) is 19.3 Å². The van der Waals surface area contributed by atoms with Crippen LogP contribution in [0, 0.1) is 17.8 Å². The van der Waals surface area contributed by atoms with Gasteiger partial charge in [-0.05, 0) is 24.2 Å². The number of rotatable bonds is 3. The van der Waals surface area contributed by atoms with E-state index in [0.29, 0.717) is 0 Å². The number of aliphatic imine (C=N–C) groups is 1. The molecule has 0 saturated carbocycles. The second-order valence-electron chi connectivity index (χ2n) is 4.16. The number of hydrogen-bond donors (Lipinski definition) is 0. The molecule has 0 aromatic heterocycles. The van der Waals surface area contributed by atoms with E-state index >= 15 is 0 Å². The summed E-state index contributed by atoms with van der Waals surface area (Å²) in [7, 11) is 0. The molecule has 0 bridgehead atoms. The Kier molecular flexibility index (Phi) is 7.83. The molecular formula is C13H27N. The molecule has 0 aliphatic carbocycles. The fraction of sp³-hybridized carbons (Fsp3) is 0.923. The van der Waals surface area contributed by atoms with Crippen LogP contribution in [0.1, 0.15) is 53.9 Å². The number of nitrogens with zero attached hydrogens (tertiary/aromatic N) is 1. The van der Waals surface area contributed by atoms with Gasteiger partial charge in [-0.15, -0.1) is 0 Å². The smallest absolute Gasteiger partial charge is 0.0388 e. The lowest BCUT2D eigenvalue weighted by molar-refractivity contribution is 0.303. The first-order chi connectivity index (χ1) is 6.75. The molecule has 0 N–H and O–H groups in total. The Morgan fingerprint density at radius 2 is 2.07 bits per heavy atom. The third-order valence-electron chi connectivity index (χ3n) is 3.05. The molecule has 1 rings (SSSR count). The maximum atomic E-state index is 4.39. The highest BCUT2D eigenvalue weighted by Gasteiger charge is 2.23. The summed E-state index contributed by atoms with van der Waals surface area (Å²) < 4.78 is 0. The van der Waals surface area contributed by atoms with Crippen LogP contribution in [0.5, 0.6) is 0 Å². The van der Waals surface area contributed by atoms with Crippen molar-refractivity contribution < 1.29 is 0 Å². The molecule has 14 heavy (non-hydrogen) atoms. The molecule has 3 atom stereocenters. The molecule has 84 valence electrons. The average Bonchev–Trinajstić information content (AvgIpc) is 2.22. The Morgan fingerprint density at radius 3 is 2.57 bits per heavy atom. The van der Waals surface area contributed by atoms with Crippen molar-refractivity contribution in [3.63, 3.8) is 0 Å². The van der Waals surface area contributed by atoms with E-state index in [9.17, 15) is 0 Å². The second kappa shape index (κ2) is 8.02. The molecule has 1 aliphatic heterocycles. The normalized spacial score (nSPS) is 27.8. The molecule has 0 aromatic carbocycles. The predicted octanol–water partition coefficient (Wildman–Crippen LogP) is 4.18. The van der Waals surface area contributed by atoms with Gasteiger partial charge < -0.3 is 0 Å². The van der Waals surface area contributed by atoms with Gasteiger partial charge in [0.2, 0.25) is 0 Å². The summed E-state index contributed by atoms with van der Waals surface area (Å²) in [6.07, 6.45) is 6.14. The fourth-order valence-corrected chi connectivity index (χ4v) is 2.17. The van der Waals surface area contributed by atoms with Gasteiger partial charge in [0, 0.05) is 12.8 Å². The van der Waals surface area contributed by atoms with Gasteiger partial charge in [0.15, 0.2) is 0 Å². The Bertz CT molecular complexity index is 151. The predicted molar refractivity (Wildman–Crippen MR) is 66.1 cm³/mol. The zero-order chi connectivity index (χ0) is 11.0. The first-order valence-corrected chi connectivity index (χ1v) is 6.25. The van der Waals surface area contributed by atoms with Gasteiger partial charge in [0.1, 0.15) is 0 Å². The minimum absolute atomic E-state index is 0.749. The molecule has 0 saturated heterocycles. The maximum Gasteiger partial charge on any atom is 0.0388 e. The minimum Gasteiger partial charge on any atom is -0.297 e. The maximum absolute atomic E-state index is 4.39. The van der Waals surface area contributed by atoms with Gasteiger partial charge in [-0.3, -0.25) is 4.99 Å². The van der Waals surface area contributed by atoms with Gasteiger partial charge in [-0.25, -0.2) is 0 Å². The van der Waals surface area contributed by atoms with Gasteiger partial charge in [0.25, 0.3) is 0 Å². The molecule has 0 spiro atoms. The van der Waals surface area contributed by atoms with Crippen LogP contribution < -0.4 is 0 Å². The van der Waals surface area contributed by atoms with Crippen LogP contribution in [0.4, 0.5) is 0 Å². The Balaban J connectivity index is 0.000000791. The van der Waals surface area contributed by atoms with Crippen LogP contribution >= 0.6 is 0 Å². The molecule has 0 fully saturated rings. The van der Waals surface area contributed by atoms with E-state index in [-0.39, 0.29) is 0 Å². The highest BCUT2D eigenvalue weighted by Crippen LogP contribution is 2.27. The van der Waals surface area contributed by atoms with E-state index in [1.54, 1.807) is 0 Å². The van der Waals surface area contributed by atoms with E-state index in [4.69, 9.17) is 0 Å². The highest BCUT2D eigenvalue weighted by atomic mass is 14.7. The topological polar surface area (TPSA) is 12.4 Å².